The quantitative estimate of drug-likeness (QED) is 0.766. The van der Waals surface area contributed by atoms with E-state index in [0.717, 1.165) is 17.8 Å². The van der Waals surface area contributed by atoms with Gasteiger partial charge in [-0.05, 0) is 44.5 Å². The van der Waals surface area contributed by atoms with E-state index in [0.29, 0.717) is 11.4 Å². The van der Waals surface area contributed by atoms with Gasteiger partial charge in [-0.15, -0.1) is 10.2 Å². The monoisotopic (exact) mass is 274 g/mol. The molecule has 1 aromatic heterocycles. The van der Waals surface area contributed by atoms with Crippen LogP contribution in [0.5, 0.6) is 0 Å². The summed E-state index contributed by atoms with van der Waals surface area (Å²) in [7, 11) is 0. The van der Waals surface area contributed by atoms with Crippen LogP contribution in [0, 0.1) is 6.92 Å². The minimum absolute atomic E-state index is 0.150. The number of hydrogen-bond donors (Lipinski definition) is 3. The van der Waals surface area contributed by atoms with Crippen LogP contribution in [-0.4, -0.2) is 33.1 Å². The Balaban J connectivity index is 2.09. The van der Waals surface area contributed by atoms with Crippen molar-refractivity contribution in [3.8, 4) is 0 Å². The minimum Gasteiger partial charge on any atom is -0.385 e. The van der Waals surface area contributed by atoms with Crippen LogP contribution >= 0.6 is 0 Å². The molecule has 1 atom stereocenters. The van der Waals surface area contributed by atoms with Gasteiger partial charge < -0.3 is 10.6 Å². The van der Waals surface area contributed by atoms with E-state index in [1.807, 2.05) is 39.0 Å². The summed E-state index contributed by atoms with van der Waals surface area (Å²) in [5.41, 5.74) is 2.57. The zero-order chi connectivity index (χ0) is 14.5. The molecule has 1 unspecified atom stereocenters. The summed E-state index contributed by atoms with van der Waals surface area (Å²) in [6, 6.07) is 5.36. The Morgan fingerprint density at radius 1 is 1.45 bits per heavy atom. The smallest absolute Gasteiger partial charge is 0.252 e. The number of H-pyrrole nitrogens is 1. The number of aromatic nitrogens is 4. The van der Waals surface area contributed by atoms with Gasteiger partial charge in [0.1, 0.15) is 0 Å². The molecule has 2 rings (SSSR count). The summed E-state index contributed by atoms with van der Waals surface area (Å²) in [6.45, 7) is 6.60. The molecule has 20 heavy (non-hydrogen) atoms. The number of hydrogen-bond acceptors (Lipinski definition) is 5. The number of nitrogens with one attached hydrogen (secondary N) is 3. The van der Waals surface area contributed by atoms with Gasteiger partial charge in [-0.3, -0.25) is 4.79 Å². The van der Waals surface area contributed by atoms with E-state index in [1.165, 1.54) is 0 Å². The molecule has 1 heterocycles. The third-order valence-electron chi connectivity index (χ3n) is 2.95. The molecule has 3 N–H and O–H groups in total. The number of benzene rings is 1. The second-order valence-corrected chi connectivity index (χ2v) is 4.53. The minimum atomic E-state index is -0.297. The zero-order valence-electron chi connectivity index (χ0n) is 11.8. The Morgan fingerprint density at radius 2 is 2.25 bits per heavy atom. The molecule has 0 aliphatic rings. The fourth-order valence-electron chi connectivity index (χ4n) is 1.92. The highest BCUT2D eigenvalue weighted by atomic mass is 16.1. The van der Waals surface area contributed by atoms with Crippen molar-refractivity contribution in [2.45, 2.75) is 26.8 Å². The third-order valence-corrected chi connectivity index (χ3v) is 2.95. The molecule has 0 aliphatic heterocycles. The maximum absolute atomic E-state index is 12.2. The van der Waals surface area contributed by atoms with Crippen molar-refractivity contribution >= 4 is 11.6 Å². The highest BCUT2D eigenvalue weighted by Crippen LogP contribution is 2.16. The van der Waals surface area contributed by atoms with Crippen LogP contribution in [0.25, 0.3) is 0 Å². The number of tetrazole rings is 1. The van der Waals surface area contributed by atoms with Crippen LogP contribution < -0.4 is 10.6 Å². The number of aromatic amines is 1. The largest absolute Gasteiger partial charge is 0.385 e. The second-order valence-electron chi connectivity index (χ2n) is 4.53. The molecular weight excluding hydrogens is 256 g/mol. The van der Waals surface area contributed by atoms with Crippen molar-refractivity contribution in [1.82, 2.24) is 25.9 Å². The maximum atomic E-state index is 12.2. The van der Waals surface area contributed by atoms with Gasteiger partial charge in [0.05, 0.1) is 6.04 Å². The molecule has 0 saturated carbocycles. The molecule has 7 nitrogen and oxygen atoms in total. The summed E-state index contributed by atoms with van der Waals surface area (Å²) >= 11 is 0. The van der Waals surface area contributed by atoms with Crippen molar-refractivity contribution in [3.05, 3.63) is 35.2 Å². The first-order valence-electron chi connectivity index (χ1n) is 6.50. The van der Waals surface area contributed by atoms with Crippen LogP contribution in [0.15, 0.2) is 18.2 Å². The average Bonchev–Trinajstić information content (AvgIpc) is 2.93. The third kappa shape index (κ3) is 3.11. The maximum Gasteiger partial charge on any atom is 0.252 e. The van der Waals surface area contributed by atoms with Crippen molar-refractivity contribution in [2.24, 2.45) is 0 Å². The molecule has 106 valence electrons. The fraction of sp³-hybridized carbons (Fsp3) is 0.385. The predicted molar refractivity (Wildman–Crippen MR) is 75.4 cm³/mol. The van der Waals surface area contributed by atoms with Crippen LogP contribution in [-0.2, 0) is 0 Å². The molecule has 0 bridgehead atoms. The number of nitrogens with zero attached hydrogens (tertiary/aromatic N) is 3. The Bertz CT molecular complexity index is 581. The first-order valence-corrected chi connectivity index (χ1v) is 6.50. The van der Waals surface area contributed by atoms with Crippen LogP contribution in [0.4, 0.5) is 5.69 Å². The summed E-state index contributed by atoms with van der Waals surface area (Å²) in [4.78, 5) is 12.2. The van der Waals surface area contributed by atoms with Crippen molar-refractivity contribution in [1.29, 1.82) is 0 Å². The zero-order valence-corrected chi connectivity index (χ0v) is 11.8. The van der Waals surface area contributed by atoms with Gasteiger partial charge in [0, 0.05) is 17.8 Å². The van der Waals surface area contributed by atoms with Crippen LogP contribution in [0.3, 0.4) is 0 Å². The Morgan fingerprint density at radius 3 is 2.85 bits per heavy atom. The predicted octanol–water partition coefficient (Wildman–Crippen LogP) is 1.43. The van der Waals surface area contributed by atoms with Crippen molar-refractivity contribution in [3.63, 3.8) is 0 Å². The van der Waals surface area contributed by atoms with Gasteiger partial charge in [-0.2, -0.15) is 5.21 Å². The topological polar surface area (TPSA) is 95.6 Å². The number of carbonyl (C=O) groups is 1. The van der Waals surface area contributed by atoms with E-state index in [9.17, 15) is 4.79 Å². The molecule has 1 aromatic carbocycles. The summed E-state index contributed by atoms with van der Waals surface area (Å²) in [5.74, 6) is 0.308. The van der Waals surface area contributed by atoms with E-state index >= 15 is 0 Å². The molecule has 2 aromatic rings. The lowest BCUT2D eigenvalue weighted by molar-refractivity contribution is 0.0937. The van der Waals surface area contributed by atoms with E-state index in [2.05, 4.69) is 31.3 Å². The highest BCUT2D eigenvalue weighted by molar-refractivity contribution is 5.96. The number of rotatable bonds is 5. The van der Waals surface area contributed by atoms with E-state index in [4.69, 9.17) is 0 Å². The first-order chi connectivity index (χ1) is 9.61. The normalized spacial score (nSPS) is 11.9. The van der Waals surface area contributed by atoms with Crippen LogP contribution in [0.2, 0.25) is 0 Å². The molecule has 0 fully saturated rings. The number of aryl methyl sites for hydroxylation is 1. The molecule has 7 heteroatoms. The van der Waals surface area contributed by atoms with E-state index in [-0.39, 0.29) is 11.9 Å². The Labute approximate surface area is 117 Å². The molecule has 0 radical (unpaired) electrons. The SMILES string of the molecule is CCNc1ccc(C(=O)NC(C)c2nn[nH]n2)c(C)c1. The van der Waals surface area contributed by atoms with Crippen LogP contribution in [0.1, 0.15) is 41.6 Å². The molecular formula is C13H18N6O. The Hall–Kier alpha value is -2.44. The fourth-order valence-corrected chi connectivity index (χ4v) is 1.92. The lowest BCUT2D eigenvalue weighted by Gasteiger charge is -2.13. The summed E-state index contributed by atoms with van der Waals surface area (Å²) in [6.07, 6.45) is 0. The number of anilines is 1. The standard InChI is InChI=1S/C13H18N6O/c1-4-14-10-5-6-11(8(2)7-10)13(20)15-9(3)12-16-18-19-17-12/h5-7,9,14H,4H2,1-3H3,(H,15,20)(H,16,17,18,19). The van der Waals surface area contributed by atoms with Gasteiger partial charge in [-0.1, -0.05) is 5.21 Å². The first kappa shape index (κ1) is 14.0. The van der Waals surface area contributed by atoms with Gasteiger partial charge in [0.2, 0.25) is 0 Å². The molecule has 0 spiro atoms. The van der Waals surface area contributed by atoms with Gasteiger partial charge in [0.25, 0.3) is 5.91 Å². The molecule has 1 amide bonds. The van der Waals surface area contributed by atoms with E-state index in [1.54, 1.807) is 0 Å². The lowest BCUT2D eigenvalue weighted by Crippen LogP contribution is -2.28. The highest BCUT2D eigenvalue weighted by Gasteiger charge is 2.16. The summed E-state index contributed by atoms with van der Waals surface area (Å²) < 4.78 is 0. The van der Waals surface area contributed by atoms with Crippen molar-refractivity contribution in [2.75, 3.05) is 11.9 Å². The van der Waals surface area contributed by atoms with Gasteiger partial charge in [-0.25, -0.2) is 0 Å². The average molecular weight is 274 g/mol. The van der Waals surface area contributed by atoms with Gasteiger partial charge in [0.15, 0.2) is 5.82 Å². The summed E-state index contributed by atoms with van der Waals surface area (Å²) in [5, 5.41) is 19.6. The Kier molecular flexibility index (Phi) is 4.29. The lowest BCUT2D eigenvalue weighted by atomic mass is 10.1. The van der Waals surface area contributed by atoms with Gasteiger partial charge >= 0.3 is 0 Å². The second kappa shape index (κ2) is 6.14. The molecule has 0 saturated heterocycles. The van der Waals surface area contributed by atoms with E-state index < -0.39 is 0 Å². The molecule has 0 aliphatic carbocycles. The van der Waals surface area contributed by atoms with Crippen molar-refractivity contribution < 1.29 is 4.79 Å². The number of amides is 1. The number of carbonyl (C=O) groups excluding carboxylic acids is 1.